The van der Waals surface area contributed by atoms with Crippen LogP contribution in [0.2, 0.25) is 0 Å². The molecular weight excluding hydrogens is 208 g/mol. The normalized spacial score (nSPS) is 25.1. The number of hydroxylamine groups is 2. The van der Waals surface area contributed by atoms with E-state index in [4.69, 9.17) is 0 Å². The van der Waals surface area contributed by atoms with Gasteiger partial charge in [-0.05, 0) is 12.3 Å². The van der Waals surface area contributed by atoms with Gasteiger partial charge in [0.1, 0.15) is 12.8 Å². The summed E-state index contributed by atoms with van der Waals surface area (Å²) in [5.74, 6) is 0.104. The molecule has 0 aliphatic carbocycles. The highest BCUT2D eigenvalue weighted by molar-refractivity contribution is 5.82. The second-order valence-corrected chi connectivity index (χ2v) is 4.15. The van der Waals surface area contributed by atoms with Gasteiger partial charge in [-0.2, -0.15) is 5.06 Å². The average Bonchev–Trinajstić information content (AvgIpc) is 2.71. The molecule has 1 aliphatic rings. The van der Waals surface area contributed by atoms with E-state index < -0.39 is 0 Å². The third-order valence-electron chi connectivity index (χ3n) is 3.25. The molecule has 1 amide bonds. The Kier molecular flexibility index (Phi) is 4.89. The molecule has 5 nitrogen and oxygen atoms in total. The summed E-state index contributed by atoms with van der Waals surface area (Å²) in [5.41, 5.74) is 0. The number of hydrogen-bond acceptors (Lipinski definition) is 4. The molecule has 5 heteroatoms. The van der Waals surface area contributed by atoms with Crippen molar-refractivity contribution in [3.05, 3.63) is 0 Å². The van der Waals surface area contributed by atoms with Crippen molar-refractivity contribution in [3.63, 3.8) is 0 Å². The summed E-state index contributed by atoms with van der Waals surface area (Å²) in [6.45, 7) is 4.79. The van der Waals surface area contributed by atoms with Crippen molar-refractivity contribution < 1.29 is 14.8 Å². The Labute approximate surface area is 96.0 Å². The first-order valence-electron chi connectivity index (χ1n) is 5.82. The maximum absolute atomic E-state index is 11.8. The van der Waals surface area contributed by atoms with Gasteiger partial charge in [0.05, 0.1) is 6.04 Å². The number of nitrogens with zero attached hydrogens (tertiary/aromatic N) is 2. The van der Waals surface area contributed by atoms with Crippen molar-refractivity contribution in [2.45, 2.75) is 32.7 Å². The summed E-state index contributed by atoms with van der Waals surface area (Å²) in [4.78, 5) is 24.4. The highest BCUT2D eigenvalue weighted by Crippen LogP contribution is 2.25. The first-order valence-corrected chi connectivity index (χ1v) is 5.82. The van der Waals surface area contributed by atoms with E-state index in [0.29, 0.717) is 13.1 Å². The highest BCUT2D eigenvalue weighted by atomic mass is 16.5. The van der Waals surface area contributed by atoms with Gasteiger partial charge in [0.25, 0.3) is 0 Å². The maximum Gasteiger partial charge on any atom is 0.239 e. The molecule has 1 heterocycles. The average molecular weight is 228 g/mol. The van der Waals surface area contributed by atoms with E-state index in [2.05, 4.69) is 0 Å². The van der Waals surface area contributed by atoms with Gasteiger partial charge in [-0.25, -0.2) is 0 Å². The van der Waals surface area contributed by atoms with Crippen molar-refractivity contribution in [1.82, 2.24) is 9.96 Å². The lowest BCUT2D eigenvalue weighted by molar-refractivity contribution is -0.148. The summed E-state index contributed by atoms with van der Waals surface area (Å²) >= 11 is 0. The van der Waals surface area contributed by atoms with E-state index >= 15 is 0 Å². The zero-order valence-electron chi connectivity index (χ0n) is 9.93. The van der Waals surface area contributed by atoms with Gasteiger partial charge in [-0.3, -0.25) is 4.79 Å². The van der Waals surface area contributed by atoms with Crippen LogP contribution in [0, 0.1) is 5.92 Å². The lowest BCUT2D eigenvalue weighted by Crippen LogP contribution is -2.43. The lowest BCUT2D eigenvalue weighted by atomic mass is 9.99. The van der Waals surface area contributed by atoms with E-state index in [-0.39, 0.29) is 24.4 Å². The van der Waals surface area contributed by atoms with E-state index in [0.717, 1.165) is 24.2 Å². The molecule has 1 rings (SSSR count). The molecular formula is C11H20N2O3. The van der Waals surface area contributed by atoms with Crippen LogP contribution in [0.5, 0.6) is 0 Å². The number of amides is 1. The van der Waals surface area contributed by atoms with Crippen molar-refractivity contribution in [2.24, 2.45) is 5.92 Å². The Bertz CT molecular complexity index is 258. The van der Waals surface area contributed by atoms with Crippen molar-refractivity contribution in [3.8, 4) is 0 Å². The predicted molar refractivity (Wildman–Crippen MR) is 59.0 cm³/mol. The van der Waals surface area contributed by atoms with Crippen LogP contribution in [0.15, 0.2) is 0 Å². The lowest BCUT2D eigenvalue weighted by Gasteiger charge is -2.24. The van der Waals surface area contributed by atoms with Gasteiger partial charge in [0, 0.05) is 13.1 Å². The van der Waals surface area contributed by atoms with E-state index in [9.17, 15) is 14.8 Å². The molecule has 0 spiro atoms. The quantitative estimate of drug-likeness (QED) is 0.550. The molecule has 0 bridgehead atoms. The van der Waals surface area contributed by atoms with Crippen LogP contribution in [0.3, 0.4) is 0 Å². The van der Waals surface area contributed by atoms with E-state index in [1.165, 1.54) is 0 Å². The van der Waals surface area contributed by atoms with Crippen LogP contribution in [0.4, 0.5) is 0 Å². The first kappa shape index (κ1) is 13.1. The van der Waals surface area contributed by atoms with Crippen LogP contribution < -0.4 is 0 Å². The fourth-order valence-corrected chi connectivity index (χ4v) is 2.16. The molecule has 0 saturated carbocycles. The van der Waals surface area contributed by atoms with Gasteiger partial charge in [-0.1, -0.05) is 20.3 Å². The molecule has 0 aromatic heterocycles. The maximum atomic E-state index is 11.8. The standard InChI is InChI=1S/C11H20N2O3/c1-3-9-5-6-13(10(9)8-14)11(15)7-12(16)4-2/h8-10,16H,3-7H2,1-2H3. The molecule has 1 fully saturated rings. The number of likely N-dealkylation sites (tertiary alicyclic amines) is 1. The van der Waals surface area contributed by atoms with E-state index in [1.807, 2.05) is 6.92 Å². The number of hydrogen-bond donors (Lipinski definition) is 1. The molecule has 0 aromatic rings. The van der Waals surface area contributed by atoms with Gasteiger partial charge in [0.15, 0.2) is 0 Å². The molecule has 1 N–H and O–H groups in total. The van der Waals surface area contributed by atoms with Gasteiger partial charge < -0.3 is 14.9 Å². The number of carbonyl (C=O) groups excluding carboxylic acids is 2. The minimum atomic E-state index is -0.303. The number of rotatable bonds is 5. The molecule has 2 unspecified atom stereocenters. The number of aldehydes is 1. The summed E-state index contributed by atoms with van der Waals surface area (Å²) in [5, 5.41) is 10.2. The van der Waals surface area contributed by atoms with Crippen molar-refractivity contribution >= 4 is 12.2 Å². The summed E-state index contributed by atoms with van der Waals surface area (Å²) in [6.07, 6.45) is 2.64. The summed E-state index contributed by atoms with van der Waals surface area (Å²) in [6, 6.07) is -0.303. The molecule has 1 saturated heterocycles. The van der Waals surface area contributed by atoms with Gasteiger partial charge in [-0.15, -0.1) is 0 Å². The van der Waals surface area contributed by atoms with Crippen LogP contribution >= 0.6 is 0 Å². The summed E-state index contributed by atoms with van der Waals surface area (Å²) < 4.78 is 0. The van der Waals surface area contributed by atoms with Crippen LogP contribution in [-0.4, -0.2) is 53.0 Å². The first-order chi connectivity index (χ1) is 7.63. The van der Waals surface area contributed by atoms with E-state index in [1.54, 1.807) is 11.8 Å². The van der Waals surface area contributed by atoms with Crippen molar-refractivity contribution in [1.29, 1.82) is 0 Å². The molecule has 1 aliphatic heterocycles. The second-order valence-electron chi connectivity index (χ2n) is 4.15. The third-order valence-corrected chi connectivity index (χ3v) is 3.25. The molecule has 92 valence electrons. The minimum absolute atomic E-state index is 0.0305. The Balaban J connectivity index is 2.59. The largest absolute Gasteiger partial charge is 0.331 e. The Morgan fingerprint density at radius 1 is 1.56 bits per heavy atom. The zero-order valence-corrected chi connectivity index (χ0v) is 9.93. The van der Waals surface area contributed by atoms with Gasteiger partial charge >= 0.3 is 0 Å². The second kappa shape index (κ2) is 5.96. The molecule has 2 atom stereocenters. The fraction of sp³-hybridized carbons (Fsp3) is 0.818. The SMILES string of the molecule is CCC1CCN(C(=O)CN(O)CC)C1C=O. The highest BCUT2D eigenvalue weighted by Gasteiger charge is 2.35. The number of likely N-dealkylation sites (N-methyl/N-ethyl adjacent to an activating group) is 1. The monoisotopic (exact) mass is 228 g/mol. The van der Waals surface area contributed by atoms with Crippen LogP contribution in [0.1, 0.15) is 26.7 Å². The zero-order chi connectivity index (χ0) is 12.1. The molecule has 0 aromatic carbocycles. The predicted octanol–water partition coefficient (Wildman–Crippen LogP) is 0.523. The summed E-state index contributed by atoms with van der Waals surface area (Å²) in [7, 11) is 0. The molecule has 0 radical (unpaired) electrons. The fourth-order valence-electron chi connectivity index (χ4n) is 2.16. The third kappa shape index (κ3) is 2.80. The topological polar surface area (TPSA) is 60.9 Å². The Hall–Kier alpha value is -0.940. The van der Waals surface area contributed by atoms with Crippen LogP contribution in [-0.2, 0) is 9.59 Å². The molecule has 16 heavy (non-hydrogen) atoms. The van der Waals surface area contributed by atoms with Crippen molar-refractivity contribution in [2.75, 3.05) is 19.6 Å². The Morgan fingerprint density at radius 3 is 2.75 bits per heavy atom. The Morgan fingerprint density at radius 2 is 2.25 bits per heavy atom. The minimum Gasteiger partial charge on any atom is -0.331 e. The smallest absolute Gasteiger partial charge is 0.239 e. The van der Waals surface area contributed by atoms with Gasteiger partial charge in [0.2, 0.25) is 5.91 Å². The van der Waals surface area contributed by atoms with Crippen LogP contribution in [0.25, 0.3) is 0 Å². The number of carbonyl (C=O) groups is 2.